The van der Waals surface area contributed by atoms with Crippen molar-refractivity contribution in [3.63, 3.8) is 0 Å². The molecule has 1 fully saturated rings. The Morgan fingerprint density at radius 1 is 1.29 bits per heavy atom. The minimum atomic E-state index is -0.140. The Kier molecular flexibility index (Phi) is 5.92. The summed E-state index contributed by atoms with van der Waals surface area (Å²) in [5, 5.41) is 10.9. The van der Waals surface area contributed by atoms with E-state index >= 15 is 0 Å². The summed E-state index contributed by atoms with van der Waals surface area (Å²) in [5.74, 6) is 0.486. The van der Waals surface area contributed by atoms with Gasteiger partial charge in [0.15, 0.2) is 4.34 Å². The van der Waals surface area contributed by atoms with Crippen LogP contribution in [0.3, 0.4) is 0 Å². The monoisotopic (exact) mass is 416 g/mol. The fraction of sp³-hybridized carbons (Fsp3) is 0.368. The van der Waals surface area contributed by atoms with Crippen LogP contribution in [0.25, 0.3) is 11.3 Å². The van der Waals surface area contributed by atoms with E-state index in [9.17, 15) is 4.79 Å². The third-order valence-corrected chi connectivity index (χ3v) is 6.52. The smallest absolute Gasteiger partial charge is 0.288 e. The fourth-order valence-electron chi connectivity index (χ4n) is 2.99. The Hall–Kier alpha value is -2.39. The SMILES string of the molecule is Cc1ccc(-c2csc(SCC(=O)Nc3c[n+](N4CCCCC4)no3)n2)cc1. The molecule has 1 saturated heterocycles. The minimum Gasteiger partial charge on any atom is -0.288 e. The summed E-state index contributed by atoms with van der Waals surface area (Å²) in [5.41, 5.74) is 3.24. The minimum absolute atomic E-state index is 0.140. The molecule has 2 aromatic heterocycles. The van der Waals surface area contributed by atoms with Crippen LogP contribution in [-0.2, 0) is 4.79 Å². The number of hydrogen-bond donors (Lipinski definition) is 1. The highest BCUT2D eigenvalue weighted by atomic mass is 32.2. The summed E-state index contributed by atoms with van der Waals surface area (Å²) in [6.07, 6.45) is 5.26. The molecule has 1 amide bonds. The van der Waals surface area contributed by atoms with Crippen LogP contribution in [0.1, 0.15) is 24.8 Å². The normalized spacial score (nSPS) is 14.2. The molecule has 3 heterocycles. The number of thioether (sulfide) groups is 1. The Morgan fingerprint density at radius 2 is 2.07 bits per heavy atom. The third-order valence-electron chi connectivity index (χ3n) is 4.50. The lowest BCUT2D eigenvalue weighted by Gasteiger charge is -2.17. The van der Waals surface area contributed by atoms with Gasteiger partial charge in [0, 0.05) is 10.9 Å². The van der Waals surface area contributed by atoms with Gasteiger partial charge in [0.25, 0.3) is 6.20 Å². The summed E-state index contributed by atoms with van der Waals surface area (Å²) in [7, 11) is 0. The second-order valence-electron chi connectivity index (χ2n) is 6.70. The van der Waals surface area contributed by atoms with E-state index in [0.717, 1.165) is 41.5 Å². The molecule has 0 radical (unpaired) electrons. The maximum Gasteiger partial charge on any atom is 0.305 e. The highest BCUT2D eigenvalue weighted by molar-refractivity contribution is 8.01. The number of benzene rings is 1. The van der Waals surface area contributed by atoms with Gasteiger partial charge >= 0.3 is 5.88 Å². The van der Waals surface area contributed by atoms with E-state index in [0.29, 0.717) is 5.88 Å². The Morgan fingerprint density at radius 3 is 2.86 bits per heavy atom. The molecule has 9 heteroatoms. The Bertz CT molecular complexity index is 932. The van der Waals surface area contributed by atoms with Crippen molar-refractivity contribution in [3.8, 4) is 11.3 Å². The molecule has 1 aromatic carbocycles. The van der Waals surface area contributed by atoms with Gasteiger partial charge in [-0.1, -0.05) is 41.6 Å². The van der Waals surface area contributed by atoms with Crippen LogP contribution in [0.2, 0.25) is 0 Å². The first-order chi connectivity index (χ1) is 13.7. The highest BCUT2D eigenvalue weighted by Crippen LogP contribution is 2.28. The van der Waals surface area contributed by atoms with Crippen molar-refractivity contribution in [2.45, 2.75) is 30.5 Å². The lowest BCUT2D eigenvalue weighted by Crippen LogP contribution is -2.60. The van der Waals surface area contributed by atoms with Crippen LogP contribution < -0.4 is 15.1 Å². The van der Waals surface area contributed by atoms with Crippen molar-refractivity contribution < 1.29 is 14.1 Å². The molecule has 3 aromatic rings. The predicted octanol–water partition coefficient (Wildman–Crippen LogP) is 3.25. The average Bonchev–Trinajstić information content (AvgIpc) is 3.37. The number of anilines is 1. The summed E-state index contributed by atoms with van der Waals surface area (Å²) in [4.78, 5) is 18.5. The molecule has 0 aliphatic carbocycles. The molecular weight excluding hydrogens is 394 g/mol. The van der Waals surface area contributed by atoms with Crippen molar-refractivity contribution in [2.24, 2.45) is 0 Å². The number of aromatic nitrogens is 3. The number of piperidine rings is 1. The molecule has 0 unspecified atom stereocenters. The van der Waals surface area contributed by atoms with Gasteiger partial charge in [-0.3, -0.25) is 14.6 Å². The van der Waals surface area contributed by atoms with Crippen LogP contribution >= 0.6 is 23.1 Å². The lowest BCUT2D eigenvalue weighted by molar-refractivity contribution is -0.759. The maximum absolute atomic E-state index is 12.2. The molecule has 0 spiro atoms. The first-order valence-corrected chi connectivity index (χ1v) is 11.1. The number of nitrogens with zero attached hydrogens (tertiary/aromatic N) is 4. The molecule has 1 aliphatic heterocycles. The standard InChI is InChI=1S/C19H21N5O2S2/c1-14-5-7-15(8-6-14)16-12-27-19(20-16)28-13-17(25)21-18-11-24(22-26-18)23-9-3-2-4-10-23/h5-8,11-12H,2-4,9-10,13H2,1H3/p+1. The van der Waals surface area contributed by atoms with Crippen LogP contribution in [0, 0.1) is 6.92 Å². The fourth-order valence-corrected chi connectivity index (χ4v) is 4.62. The average molecular weight is 417 g/mol. The van der Waals surface area contributed by atoms with E-state index < -0.39 is 0 Å². The molecule has 7 nitrogen and oxygen atoms in total. The number of aryl methyl sites for hydroxylation is 1. The van der Waals surface area contributed by atoms with Crippen LogP contribution in [0.4, 0.5) is 5.88 Å². The number of thiazole rings is 1. The number of rotatable bonds is 6. The van der Waals surface area contributed by atoms with Gasteiger partial charge in [0.2, 0.25) is 11.2 Å². The van der Waals surface area contributed by atoms with Crippen LogP contribution in [-0.4, -0.2) is 35.0 Å². The quantitative estimate of drug-likeness (QED) is 0.491. The van der Waals surface area contributed by atoms with Gasteiger partial charge in [0.1, 0.15) is 0 Å². The first-order valence-electron chi connectivity index (χ1n) is 9.26. The molecule has 0 saturated carbocycles. The van der Waals surface area contributed by atoms with Crippen LogP contribution in [0.15, 0.2) is 44.7 Å². The predicted molar refractivity (Wildman–Crippen MR) is 110 cm³/mol. The maximum atomic E-state index is 12.2. The molecule has 0 bridgehead atoms. The van der Waals surface area contributed by atoms with E-state index in [-0.39, 0.29) is 11.7 Å². The summed E-state index contributed by atoms with van der Waals surface area (Å²) in [6.45, 7) is 3.97. The molecule has 1 aliphatic rings. The van der Waals surface area contributed by atoms with Gasteiger partial charge in [-0.25, -0.2) is 4.98 Å². The lowest BCUT2D eigenvalue weighted by atomic mass is 10.1. The van der Waals surface area contributed by atoms with Crippen molar-refractivity contribution in [2.75, 3.05) is 29.2 Å². The zero-order valence-electron chi connectivity index (χ0n) is 15.6. The molecule has 146 valence electrons. The summed E-state index contributed by atoms with van der Waals surface area (Å²) >= 11 is 2.96. The number of hydrogen-bond acceptors (Lipinski definition) is 7. The highest BCUT2D eigenvalue weighted by Gasteiger charge is 2.23. The van der Waals surface area contributed by atoms with Gasteiger partial charge in [0.05, 0.1) is 29.3 Å². The molecular formula is C19H22N5O2S2+. The zero-order valence-corrected chi connectivity index (χ0v) is 17.3. The van der Waals surface area contributed by atoms with Gasteiger partial charge in [-0.15, -0.1) is 11.3 Å². The molecule has 1 N–H and O–H groups in total. The van der Waals surface area contributed by atoms with Crippen LogP contribution in [0.5, 0.6) is 0 Å². The second kappa shape index (κ2) is 8.74. The van der Waals surface area contributed by atoms with E-state index in [1.54, 1.807) is 22.3 Å². The summed E-state index contributed by atoms with van der Waals surface area (Å²) < 4.78 is 6.10. The molecule has 0 atom stereocenters. The molecule has 4 rings (SSSR count). The number of carbonyl (C=O) groups excluding carboxylic acids is 1. The number of carbonyl (C=O) groups is 1. The van der Waals surface area contributed by atoms with Crippen molar-refractivity contribution in [1.29, 1.82) is 0 Å². The van der Waals surface area contributed by atoms with Gasteiger partial charge < -0.3 is 0 Å². The third kappa shape index (κ3) is 4.71. The second-order valence-corrected chi connectivity index (χ2v) is 8.78. The largest absolute Gasteiger partial charge is 0.305 e. The van der Waals surface area contributed by atoms with Gasteiger partial charge in [-0.05, 0) is 26.2 Å². The first kappa shape index (κ1) is 18.9. The van der Waals surface area contributed by atoms with E-state index in [4.69, 9.17) is 4.52 Å². The Labute approximate surface area is 171 Å². The topological polar surface area (TPSA) is 75.1 Å². The van der Waals surface area contributed by atoms with E-state index in [1.165, 1.54) is 23.7 Å². The van der Waals surface area contributed by atoms with E-state index in [1.807, 2.05) is 5.38 Å². The summed E-state index contributed by atoms with van der Waals surface area (Å²) in [6, 6.07) is 8.27. The van der Waals surface area contributed by atoms with Gasteiger partial charge in [-0.2, -0.15) is 5.01 Å². The van der Waals surface area contributed by atoms with Crippen molar-refractivity contribution >= 4 is 34.9 Å². The van der Waals surface area contributed by atoms with Crippen molar-refractivity contribution in [1.82, 2.24) is 10.3 Å². The number of nitrogens with one attached hydrogen (secondary N) is 1. The molecule has 28 heavy (non-hydrogen) atoms. The van der Waals surface area contributed by atoms with Crippen molar-refractivity contribution in [3.05, 3.63) is 41.4 Å². The van der Waals surface area contributed by atoms with E-state index in [2.05, 4.69) is 51.8 Å². The number of amides is 1. The zero-order chi connectivity index (χ0) is 19.3. The Balaban J connectivity index is 1.29.